The maximum absolute atomic E-state index is 14.8. The highest BCUT2D eigenvalue weighted by Gasteiger charge is 2.28. The Labute approximate surface area is 210 Å². The van der Waals surface area contributed by atoms with E-state index in [9.17, 15) is 4.39 Å². The first-order valence-electron chi connectivity index (χ1n) is 11.6. The van der Waals surface area contributed by atoms with E-state index in [0.29, 0.717) is 41.3 Å². The number of rotatable bonds is 6. The second-order valence-electron chi connectivity index (χ2n) is 8.64. The third kappa shape index (κ3) is 4.20. The summed E-state index contributed by atoms with van der Waals surface area (Å²) in [5.74, 6) is 1.57. The molecule has 1 fully saturated rings. The van der Waals surface area contributed by atoms with E-state index in [4.69, 9.17) is 9.47 Å². The summed E-state index contributed by atoms with van der Waals surface area (Å²) in [6.07, 6.45) is 2.23. The predicted octanol–water partition coefficient (Wildman–Crippen LogP) is 4.47. The van der Waals surface area contributed by atoms with Gasteiger partial charge in [-0.1, -0.05) is 0 Å². The van der Waals surface area contributed by atoms with E-state index in [-0.39, 0.29) is 6.54 Å². The van der Waals surface area contributed by atoms with Crippen LogP contribution in [0.1, 0.15) is 6.42 Å². The number of fused-ring (bicyclic) bond motifs is 2. The first-order valence-corrected chi connectivity index (χ1v) is 12.5. The molecule has 0 saturated carbocycles. The molecule has 2 atom stereocenters. The highest BCUT2D eigenvalue weighted by atomic mass is 32.1. The molecule has 6 rings (SSSR count). The molecule has 0 unspecified atom stereocenters. The molecule has 184 valence electrons. The van der Waals surface area contributed by atoms with Crippen LogP contribution in [0.2, 0.25) is 0 Å². The van der Waals surface area contributed by atoms with Crippen LogP contribution in [-0.2, 0) is 7.05 Å². The van der Waals surface area contributed by atoms with Crippen molar-refractivity contribution in [2.75, 3.05) is 25.5 Å². The van der Waals surface area contributed by atoms with Gasteiger partial charge in [0.15, 0.2) is 0 Å². The van der Waals surface area contributed by atoms with Crippen LogP contribution in [0.4, 0.5) is 15.9 Å². The Hall–Kier alpha value is -3.83. The summed E-state index contributed by atoms with van der Waals surface area (Å²) in [6.45, 7) is 0.949. The van der Waals surface area contributed by atoms with Crippen molar-refractivity contribution in [1.82, 2.24) is 30.0 Å². The minimum absolute atomic E-state index is 0.259. The Morgan fingerprint density at radius 1 is 1.17 bits per heavy atom. The SMILES string of the molecule is COc1nn(C)cc1-c1cc(O[C@H]2CCNC[C@@H]2F)c2c(Nc3ccc4ncsc4c3)ncnc2c1. The van der Waals surface area contributed by atoms with Crippen molar-refractivity contribution >= 4 is 44.0 Å². The maximum Gasteiger partial charge on any atom is 0.240 e. The van der Waals surface area contributed by atoms with E-state index in [2.05, 4.69) is 30.7 Å². The lowest BCUT2D eigenvalue weighted by Crippen LogP contribution is -2.44. The molecule has 0 amide bonds. The van der Waals surface area contributed by atoms with Crippen LogP contribution in [-0.4, -0.2) is 57.2 Å². The number of methoxy groups -OCH3 is 1. The zero-order valence-electron chi connectivity index (χ0n) is 19.7. The lowest BCUT2D eigenvalue weighted by atomic mass is 10.0. The average molecular weight is 506 g/mol. The molecule has 4 heterocycles. The maximum atomic E-state index is 14.8. The number of nitrogens with zero attached hydrogens (tertiary/aromatic N) is 5. The number of anilines is 2. The van der Waals surface area contributed by atoms with E-state index in [1.165, 1.54) is 6.33 Å². The molecule has 0 bridgehead atoms. The largest absolute Gasteiger partial charge is 0.486 e. The number of halogens is 1. The monoisotopic (exact) mass is 505 g/mol. The smallest absolute Gasteiger partial charge is 0.240 e. The van der Waals surface area contributed by atoms with E-state index in [0.717, 1.165) is 27.0 Å². The predicted molar refractivity (Wildman–Crippen MR) is 138 cm³/mol. The summed E-state index contributed by atoms with van der Waals surface area (Å²) >= 11 is 1.57. The van der Waals surface area contributed by atoms with Crippen LogP contribution in [0.3, 0.4) is 0 Å². The molecule has 1 aliphatic heterocycles. The Bertz CT molecular complexity index is 1550. The van der Waals surface area contributed by atoms with Gasteiger partial charge in [-0.2, -0.15) is 0 Å². The molecule has 0 spiro atoms. The topological polar surface area (TPSA) is 99.0 Å². The number of thiazole rings is 1. The number of hydrogen-bond acceptors (Lipinski definition) is 9. The molecule has 36 heavy (non-hydrogen) atoms. The summed E-state index contributed by atoms with van der Waals surface area (Å²) in [4.78, 5) is 13.4. The fourth-order valence-corrected chi connectivity index (χ4v) is 5.19. The van der Waals surface area contributed by atoms with E-state index < -0.39 is 12.3 Å². The van der Waals surface area contributed by atoms with Crippen LogP contribution >= 0.6 is 11.3 Å². The van der Waals surface area contributed by atoms with Gasteiger partial charge in [0.1, 0.15) is 30.2 Å². The van der Waals surface area contributed by atoms with Gasteiger partial charge in [0, 0.05) is 25.5 Å². The first-order chi connectivity index (χ1) is 17.6. The van der Waals surface area contributed by atoms with Crippen molar-refractivity contribution < 1.29 is 13.9 Å². The molecule has 11 heteroatoms. The van der Waals surface area contributed by atoms with Crippen molar-refractivity contribution in [3.05, 3.63) is 48.4 Å². The van der Waals surface area contributed by atoms with E-state index in [1.54, 1.807) is 23.1 Å². The fraction of sp³-hybridized carbons (Fsp3) is 0.280. The molecular formula is C25H24FN7O2S. The normalized spacial score (nSPS) is 18.0. The lowest BCUT2D eigenvalue weighted by molar-refractivity contribution is 0.0744. The second-order valence-corrected chi connectivity index (χ2v) is 9.53. The van der Waals surface area contributed by atoms with Crippen LogP contribution in [0.5, 0.6) is 11.6 Å². The summed E-state index contributed by atoms with van der Waals surface area (Å²) in [5.41, 5.74) is 5.88. The van der Waals surface area contributed by atoms with Gasteiger partial charge < -0.3 is 20.1 Å². The van der Waals surface area contributed by atoms with Crippen LogP contribution in [0.25, 0.3) is 32.2 Å². The zero-order chi connectivity index (χ0) is 24.6. The van der Waals surface area contributed by atoms with E-state index >= 15 is 0 Å². The quantitative estimate of drug-likeness (QED) is 0.349. The number of aromatic nitrogens is 5. The Morgan fingerprint density at radius 3 is 2.94 bits per heavy atom. The molecule has 2 aromatic carbocycles. The Kier molecular flexibility index (Phi) is 5.86. The molecule has 5 aromatic rings. The van der Waals surface area contributed by atoms with Crippen molar-refractivity contribution in [2.24, 2.45) is 7.05 Å². The van der Waals surface area contributed by atoms with Gasteiger partial charge >= 0.3 is 0 Å². The van der Waals surface area contributed by atoms with Gasteiger partial charge in [-0.3, -0.25) is 4.68 Å². The van der Waals surface area contributed by atoms with Crippen LogP contribution in [0, 0.1) is 0 Å². The number of ether oxygens (including phenoxy) is 2. The van der Waals surface area contributed by atoms with Gasteiger partial charge in [-0.05, 0) is 48.9 Å². The molecule has 0 aliphatic carbocycles. The third-order valence-electron chi connectivity index (χ3n) is 6.22. The molecule has 0 radical (unpaired) electrons. The highest BCUT2D eigenvalue weighted by Crippen LogP contribution is 2.39. The van der Waals surface area contributed by atoms with Crippen molar-refractivity contribution in [3.8, 4) is 22.8 Å². The number of benzene rings is 2. The Morgan fingerprint density at radius 2 is 2.08 bits per heavy atom. The number of piperidine rings is 1. The number of alkyl halides is 1. The summed E-state index contributed by atoms with van der Waals surface area (Å²) in [7, 11) is 3.41. The van der Waals surface area contributed by atoms with E-state index in [1.807, 2.05) is 49.1 Å². The average Bonchev–Trinajstić information content (AvgIpc) is 3.51. The number of hydrogen-bond donors (Lipinski definition) is 2. The van der Waals surface area contributed by atoms with Gasteiger partial charge in [-0.15, -0.1) is 16.4 Å². The van der Waals surface area contributed by atoms with Crippen LogP contribution < -0.4 is 20.1 Å². The minimum Gasteiger partial charge on any atom is -0.486 e. The highest BCUT2D eigenvalue weighted by molar-refractivity contribution is 7.16. The lowest BCUT2D eigenvalue weighted by Gasteiger charge is -2.28. The summed E-state index contributed by atoms with van der Waals surface area (Å²) < 4.78 is 29.4. The number of nitrogens with one attached hydrogen (secondary N) is 2. The fourth-order valence-electron chi connectivity index (χ4n) is 4.48. The molecule has 3 aromatic heterocycles. The molecule has 1 aliphatic rings. The zero-order valence-corrected chi connectivity index (χ0v) is 20.6. The third-order valence-corrected chi connectivity index (χ3v) is 7.01. The van der Waals surface area contributed by atoms with Crippen molar-refractivity contribution in [1.29, 1.82) is 0 Å². The summed E-state index contributed by atoms with van der Waals surface area (Å²) in [6, 6.07) is 9.77. The van der Waals surface area contributed by atoms with Crippen LogP contribution in [0.15, 0.2) is 48.4 Å². The Balaban J connectivity index is 1.48. The van der Waals surface area contributed by atoms with Gasteiger partial charge in [0.2, 0.25) is 5.88 Å². The molecule has 2 N–H and O–H groups in total. The van der Waals surface area contributed by atoms with Crippen molar-refractivity contribution in [2.45, 2.75) is 18.7 Å². The summed E-state index contributed by atoms with van der Waals surface area (Å²) in [5, 5.41) is 11.5. The van der Waals surface area contributed by atoms with Crippen molar-refractivity contribution in [3.63, 3.8) is 0 Å². The number of aryl methyl sites for hydroxylation is 1. The van der Waals surface area contributed by atoms with Gasteiger partial charge in [0.05, 0.1) is 39.3 Å². The second kappa shape index (κ2) is 9.32. The van der Waals surface area contributed by atoms with Gasteiger partial charge in [-0.25, -0.2) is 19.3 Å². The standard InChI is InChI=1S/C25H24FN7O2S/c1-33-11-16(25(32-33)34-2)14-7-19-23(21(8-14)35-20-5-6-27-10-17(20)26)24(29-12-28-19)31-15-3-4-18-22(9-15)36-13-30-18/h3-4,7-9,11-13,17,20,27H,5-6,10H2,1-2H3,(H,28,29,31)/t17-,20-/m0/s1. The minimum atomic E-state index is -1.12. The molecular weight excluding hydrogens is 481 g/mol. The first kappa shape index (κ1) is 22.6. The van der Waals surface area contributed by atoms with Gasteiger partial charge in [0.25, 0.3) is 0 Å². The molecule has 9 nitrogen and oxygen atoms in total. The molecule has 1 saturated heterocycles.